The number of hydrogen-bond acceptors (Lipinski definition) is 3. The Labute approximate surface area is 157 Å². The number of anilines is 2. The average Bonchev–Trinajstić information content (AvgIpc) is 2.65. The lowest BCUT2D eigenvalue weighted by atomic mass is 9.99. The second-order valence-corrected chi connectivity index (χ2v) is 7.17. The normalized spacial score (nSPS) is 17.7. The van der Waals surface area contributed by atoms with Crippen LogP contribution in [0.25, 0.3) is 0 Å². The fourth-order valence-corrected chi connectivity index (χ4v) is 3.67. The zero-order chi connectivity index (χ0) is 18.7. The Kier molecular flexibility index (Phi) is 5.55. The lowest BCUT2D eigenvalue weighted by Gasteiger charge is -2.44. The topological polar surface area (TPSA) is 15.7 Å². The number of benzene rings is 2. The van der Waals surface area contributed by atoms with E-state index in [0.717, 1.165) is 25.4 Å². The third-order valence-corrected chi connectivity index (χ3v) is 5.21. The third kappa shape index (κ3) is 3.57. The van der Waals surface area contributed by atoms with Crippen LogP contribution >= 0.6 is 0 Å². The number of rotatable bonds is 5. The van der Waals surface area contributed by atoms with Gasteiger partial charge >= 0.3 is 0 Å². The first-order valence-electron chi connectivity index (χ1n) is 9.49. The van der Waals surface area contributed by atoms with Crippen molar-refractivity contribution >= 4 is 11.4 Å². The molecule has 3 nitrogen and oxygen atoms in total. The second-order valence-electron chi connectivity index (χ2n) is 7.17. The highest BCUT2D eigenvalue weighted by Crippen LogP contribution is 2.35. The Morgan fingerprint density at radius 1 is 0.923 bits per heavy atom. The zero-order valence-electron chi connectivity index (χ0n) is 16.6. The van der Waals surface area contributed by atoms with Gasteiger partial charge in [0.1, 0.15) is 0 Å². The van der Waals surface area contributed by atoms with E-state index < -0.39 is 0 Å². The highest BCUT2D eigenvalue weighted by Gasteiger charge is 2.32. The van der Waals surface area contributed by atoms with Crippen LogP contribution in [0.4, 0.5) is 11.4 Å². The van der Waals surface area contributed by atoms with Crippen molar-refractivity contribution < 1.29 is 4.74 Å². The Balaban J connectivity index is 2.06. The molecule has 3 rings (SSSR count). The number of hydrogen-bond donors (Lipinski definition) is 0. The van der Waals surface area contributed by atoms with Gasteiger partial charge in [-0.05, 0) is 51.5 Å². The van der Waals surface area contributed by atoms with Crippen molar-refractivity contribution in [1.82, 2.24) is 0 Å². The van der Waals surface area contributed by atoms with Gasteiger partial charge in [-0.3, -0.25) is 4.90 Å². The lowest BCUT2D eigenvalue weighted by molar-refractivity contribution is 0.261. The predicted molar refractivity (Wildman–Crippen MR) is 111 cm³/mol. The molecule has 0 saturated heterocycles. The first-order valence-corrected chi connectivity index (χ1v) is 9.49. The minimum absolute atomic E-state index is 0.314. The second kappa shape index (κ2) is 7.86. The maximum atomic E-state index is 5.91. The van der Waals surface area contributed by atoms with E-state index in [0.29, 0.717) is 6.04 Å². The maximum Gasteiger partial charge on any atom is 0.196 e. The Hall–Kier alpha value is -2.42. The van der Waals surface area contributed by atoms with Crippen LogP contribution in [-0.2, 0) is 4.74 Å². The minimum Gasteiger partial charge on any atom is -0.482 e. The monoisotopic (exact) mass is 350 g/mol. The summed E-state index contributed by atoms with van der Waals surface area (Å²) in [5.41, 5.74) is 6.35. The molecule has 0 saturated carbocycles. The van der Waals surface area contributed by atoms with E-state index in [9.17, 15) is 0 Å². The molecule has 0 fully saturated rings. The summed E-state index contributed by atoms with van der Waals surface area (Å²) in [5.74, 6) is 1.01. The van der Waals surface area contributed by atoms with Crippen molar-refractivity contribution in [2.45, 2.75) is 46.6 Å². The van der Waals surface area contributed by atoms with Gasteiger partial charge in [-0.1, -0.05) is 48.7 Å². The van der Waals surface area contributed by atoms with E-state index in [4.69, 9.17) is 4.74 Å². The number of aryl methyl sites for hydroxylation is 2. The molecule has 1 heterocycles. The van der Waals surface area contributed by atoms with Gasteiger partial charge < -0.3 is 9.64 Å². The first kappa shape index (κ1) is 18.4. The molecule has 0 spiro atoms. The molecule has 1 aliphatic rings. The van der Waals surface area contributed by atoms with Crippen molar-refractivity contribution in [2.75, 3.05) is 23.6 Å². The molecular formula is C23H30N2O. The summed E-state index contributed by atoms with van der Waals surface area (Å²) in [6, 6.07) is 17.8. The highest BCUT2D eigenvalue weighted by atomic mass is 16.5. The van der Waals surface area contributed by atoms with Crippen LogP contribution in [0.5, 0.6) is 0 Å². The van der Waals surface area contributed by atoms with Gasteiger partial charge in [-0.25, -0.2) is 0 Å². The van der Waals surface area contributed by atoms with Crippen LogP contribution in [0, 0.1) is 13.8 Å². The first-order chi connectivity index (χ1) is 12.5. The molecule has 1 atom stereocenters. The molecule has 3 heteroatoms. The van der Waals surface area contributed by atoms with E-state index in [2.05, 4.69) is 86.0 Å². The SMILES string of the molecule is CCCC1=C(OC)N(c2ccc(C)cc2)CN(c2ccc(C)cc2)C1C. The molecule has 0 bridgehead atoms. The van der Waals surface area contributed by atoms with Gasteiger partial charge in [0, 0.05) is 16.9 Å². The van der Waals surface area contributed by atoms with Gasteiger partial charge in [0.25, 0.3) is 0 Å². The Morgan fingerprint density at radius 3 is 1.96 bits per heavy atom. The van der Waals surface area contributed by atoms with Crippen molar-refractivity contribution in [3.63, 3.8) is 0 Å². The largest absolute Gasteiger partial charge is 0.482 e. The van der Waals surface area contributed by atoms with Crippen LogP contribution in [0.2, 0.25) is 0 Å². The summed E-state index contributed by atoms with van der Waals surface area (Å²) in [6.45, 7) is 9.55. The molecule has 1 unspecified atom stereocenters. The number of nitrogens with zero attached hydrogens (tertiary/aromatic N) is 2. The number of ether oxygens (including phenoxy) is 1. The molecule has 0 aromatic heterocycles. The van der Waals surface area contributed by atoms with Gasteiger partial charge in [-0.2, -0.15) is 0 Å². The average molecular weight is 351 g/mol. The molecule has 1 aliphatic heterocycles. The summed E-state index contributed by atoms with van der Waals surface area (Å²) < 4.78 is 5.91. The fraction of sp³-hybridized carbons (Fsp3) is 0.391. The summed E-state index contributed by atoms with van der Waals surface area (Å²) in [5, 5.41) is 0. The molecule has 2 aromatic carbocycles. The molecule has 0 amide bonds. The van der Waals surface area contributed by atoms with Crippen molar-refractivity contribution in [3.8, 4) is 0 Å². The van der Waals surface area contributed by atoms with E-state index in [1.54, 1.807) is 7.11 Å². The van der Waals surface area contributed by atoms with Crippen molar-refractivity contribution in [1.29, 1.82) is 0 Å². The van der Waals surface area contributed by atoms with E-state index >= 15 is 0 Å². The quantitative estimate of drug-likeness (QED) is 0.694. The zero-order valence-corrected chi connectivity index (χ0v) is 16.6. The van der Waals surface area contributed by atoms with Crippen LogP contribution in [-0.4, -0.2) is 19.8 Å². The van der Waals surface area contributed by atoms with E-state index in [1.807, 2.05) is 0 Å². The smallest absolute Gasteiger partial charge is 0.196 e. The van der Waals surface area contributed by atoms with Gasteiger partial charge in [0.2, 0.25) is 0 Å². The third-order valence-electron chi connectivity index (χ3n) is 5.21. The molecular weight excluding hydrogens is 320 g/mol. The molecule has 2 aromatic rings. The summed E-state index contributed by atoms with van der Waals surface area (Å²) >= 11 is 0. The van der Waals surface area contributed by atoms with Crippen LogP contribution in [0.3, 0.4) is 0 Å². The van der Waals surface area contributed by atoms with Crippen molar-refractivity contribution in [2.24, 2.45) is 0 Å². The van der Waals surface area contributed by atoms with Gasteiger partial charge in [0.05, 0.1) is 19.8 Å². The van der Waals surface area contributed by atoms with E-state index in [1.165, 1.54) is 28.1 Å². The van der Waals surface area contributed by atoms with Gasteiger partial charge in [0.15, 0.2) is 5.88 Å². The van der Waals surface area contributed by atoms with Gasteiger partial charge in [-0.15, -0.1) is 0 Å². The number of methoxy groups -OCH3 is 1. The van der Waals surface area contributed by atoms with Crippen LogP contribution in [0.15, 0.2) is 60.0 Å². The van der Waals surface area contributed by atoms with Crippen molar-refractivity contribution in [3.05, 3.63) is 71.1 Å². The molecule has 138 valence electrons. The van der Waals surface area contributed by atoms with E-state index in [-0.39, 0.29) is 0 Å². The molecule has 26 heavy (non-hydrogen) atoms. The molecule has 0 radical (unpaired) electrons. The maximum absolute atomic E-state index is 5.91. The van der Waals surface area contributed by atoms with Crippen LogP contribution in [0.1, 0.15) is 37.8 Å². The summed E-state index contributed by atoms with van der Waals surface area (Å²) in [7, 11) is 1.79. The fourth-order valence-electron chi connectivity index (χ4n) is 3.67. The Bertz CT molecular complexity index is 762. The molecule has 0 N–H and O–H groups in total. The summed E-state index contributed by atoms with van der Waals surface area (Å²) in [6.07, 6.45) is 2.14. The Morgan fingerprint density at radius 2 is 1.46 bits per heavy atom. The lowest BCUT2D eigenvalue weighted by Crippen LogP contribution is -2.49. The standard InChI is InChI=1S/C23H30N2O/c1-6-7-22-19(4)24(20-12-8-17(2)9-13-20)16-25(23(22)26-5)21-14-10-18(3)11-15-21/h8-15,19H,6-7,16H2,1-5H3. The minimum atomic E-state index is 0.314. The molecule has 0 aliphatic carbocycles. The van der Waals surface area contributed by atoms with Crippen LogP contribution < -0.4 is 9.80 Å². The summed E-state index contributed by atoms with van der Waals surface area (Å²) in [4.78, 5) is 4.76. The predicted octanol–water partition coefficient (Wildman–Crippen LogP) is 5.63. The highest BCUT2D eigenvalue weighted by molar-refractivity contribution is 5.60.